The lowest BCUT2D eigenvalue weighted by Gasteiger charge is -2.32. The molecule has 29 heavy (non-hydrogen) atoms. The maximum atomic E-state index is 13.1. The number of aromatic nitrogens is 5. The van der Waals surface area contributed by atoms with Crippen LogP contribution in [0.1, 0.15) is 40.5 Å². The number of hydrogen-bond donors (Lipinski definition) is 1. The zero-order valence-electron chi connectivity index (χ0n) is 16.2. The summed E-state index contributed by atoms with van der Waals surface area (Å²) in [4.78, 5) is 19.2. The number of carbonyl (C=O) groups excluding carboxylic acids is 1. The number of nitrogens with one attached hydrogen (secondary N) is 1. The van der Waals surface area contributed by atoms with Crippen molar-refractivity contribution in [1.82, 2.24) is 29.7 Å². The molecule has 1 saturated heterocycles. The van der Waals surface area contributed by atoms with Gasteiger partial charge in [0.2, 0.25) is 0 Å². The van der Waals surface area contributed by atoms with Crippen LogP contribution in [0.25, 0.3) is 16.8 Å². The minimum atomic E-state index is -0.0448. The second kappa shape index (κ2) is 7.16. The highest BCUT2D eigenvalue weighted by Gasteiger charge is 2.29. The highest BCUT2D eigenvalue weighted by atomic mass is 16.2. The van der Waals surface area contributed by atoms with Crippen molar-refractivity contribution in [3.05, 3.63) is 71.9 Å². The van der Waals surface area contributed by atoms with Gasteiger partial charge < -0.3 is 4.90 Å². The molecule has 1 aliphatic rings. The number of fused-ring (bicyclic) bond motifs is 1. The average molecular weight is 386 g/mol. The number of carbonyl (C=O) groups is 1. The Balaban J connectivity index is 1.39. The molecule has 1 amide bonds. The molecule has 0 spiro atoms. The summed E-state index contributed by atoms with van der Waals surface area (Å²) < 4.78 is 1.64. The Bertz CT molecular complexity index is 1130. The summed E-state index contributed by atoms with van der Waals surface area (Å²) in [5.41, 5.74) is 5.71. The highest BCUT2D eigenvalue weighted by molar-refractivity contribution is 5.93. The molecule has 0 unspecified atom stereocenters. The van der Waals surface area contributed by atoms with Crippen LogP contribution in [-0.2, 0) is 0 Å². The van der Waals surface area contributed by atoms with E-state index in [0.717, 1.165) is 36.2 Å². The normalized spacial score (nSPS) is 17.0. The minimum Gasteiger partial charge on any atom is -0.337 e. The third-order valence-corrected chi connectivity index (χ3v) is 5.60. The third kappa shape index (κ3) is 3.29. The minimum absolute atomic E-state index is 0.0448. The van der Waals surface area contributed by atoms with E-state index in [2.05, 4.69) is 51.5 Å². The number of benzene rings is 1. The first-order chi connectivity index (χ1) is 14.2. The Morgan fingerprint density at radius 3 is 2.93 bits per heavy atom. The fourth-order valence-corrected chi connectivity index (χ4v) is 4.06. The van der Waals surface area contributed by atoms with Gasteiger partial charge in [0.15, 0.2) is 11.3 Å². The van der Waals surface area contributed by atoms with Gasteiger partial charge in [-0.05, 0) is 31.4 Å². The molecule has 1 N–H and O–H groups in total. The summed E-state index contributed by atoms with van der Waals surface area (Å²) in [7, 11) is 0. The predicted octanol–water partition coefficient (Wildman–Crippen LogP) is 3.45. The quantitative estimate of drug-likeness (QED) is 0.585. The van der Waals surface area contributed by atoms with Crippen molar-refractivity contribution < 1.29 is 4.79 Å². The molecule has 1 aliphatic heterocycles. The number of piperidine rings is 1. The van der Waals surface area contributed by atoms with E-state index in [4.69, 9.17) is 0 Å². The number of H-pyrrole nitrogens is 1. The fourth-order valence-electron chi connectivity index (χ4n) is 4.06. The fraction of sp³-hybridized carbons (Fsp3) is 0.273. The highest BCUT2D eigenvalue weighted by Crippen LogP contribution is 2.33. The van der Waals surface area contributed by atoms with Gasteiger partial charge in [-0.15, -0.1) is 0 Å². The van der Waals surface area contributed by atoms with E-state index < -0.39 is 0 Å². The lowest BCUT2D eigenvalue weighted by molar-refractivity contribution is 0.0699. The summed E-state index contributed by atoms with van der Waals surface area (Å²) in [5, 5.41) is 11.9. The van der Waals surface area contributed by atoms with E-state index in [-0.39, 0.29) is 11.8 Å². The summed E-state index contributed by atoms with van der Waals surface area (Å²) in [6.07, 6.45) is 7.37. The van der Waals surface area contributed by atoms with Crippen LogP contribution in [0.4, 0.5) is 0 Å². The van der Waals surface area contributed by atoms with E-state index in [1.807, 2.05) is 11.1 Å². The smallest absolute Gasteiger partial charge is 0.274 e. The Hall–Kier alpha value is -3.48. The molecule has 5 rings (SSSR count). The molecule has 4 heterocycles. The van der Waals surface area contributed by atoms with Crippen molar-refractivity contribution in [2.24, 2.45) is 0 Å². The van der Waals surface area contributed by atoms with Crippen LogP contribution in [0.2, 0.25) is 0 Å². The molecule has 7 nitrogen and oxygen atoms in total. The molecule has 0 saturated carbocycles. The summed E-state index contributed by atoms with van der Waals surface area (Å²) in [6.45, 7) is 3.48. The molecule has 0 aliphatic carbocycles. The van der Waals surface area contributed by atoms with Gasteiger partial charge in [-0.25, -0.2) is 9.50 Å². The molecule has 0 bridgehead atoms. The zero-order valence-corrected chi connectivity index (χ0v) is 16.2. The Kier molecular flexibility index (Phi) is 4.35. The number of nitrogens with zero attached hydrogens (tertiary/aromatic N) is 5. The number of rotatable bonds is 3. The maximum Gasteiger partial charge on any atom is 0.274 e. The van der Waals surface area contributed by atoms with Gasteiger partial charge in [-0.2, -0.15) is 10.2 Å². The Labute approximate surface area is 168 Å². The van der Waals surface area contributed by atoms with Crippen molar-refractivity contribution >= 4 is 11.6 Å². The van der Waals surface area contributed by atoms with Gasteiger partial charge in [0, 0.05) is 48.7 Å². The van der Waals surface area contributed by atoms with Crippen LogP contribution >= 0.6 is 0 Å². The van der Waals surface area contributed by atoms with E-state index in [1.54, 1.807) is 29.0 Å². The van der Waals surface area contributed by atoms with Crippen LogP contribution in [0.3, 0.4) is 0 Å². The Morgan fingerprint density at radius 2 is 2.10 bits per heavy atom. The monoisotopic (exact) mass is 386 g/mol. The standard InChI is InChI=1S/C22H22N6O/c1-15-5-7-16(8-6-15)18-13-24-25-21(18)17-4-2-10-27(14-17)22(29)19-12-20-23-9-3-11-28(20)26-19/h3,5-9,11-13,17H,2,4,10,14H2,1H3,(H,24,25)/t17-/m1/s1. The number of amides is 1. The van der Waals surface area contributed by atoms with Gasteiger partial charge in [-0.3, -0.25) is 9.89 Å². The van der Waals surface area contributed by atoms with Crippen molar-refractivity contribution in [1.29, 1.82) is 0 Å². The third-order valence-electron chi connectivity index (χ3n) is 5.60. The predicted molar refractivity (Wildman–Crippen MR) is 110 cm³/mol. The molecular weight excluding hydrogens is 364 g/mol. The van der Waals surface area contributed by atoms with Gasteiger partial charge in [0.25, 0.3) is 5.91 Å². The zero-order chi connectivity index (χ0) is 19.8. The summed E-state index contributed by atoms with van der Waals surface area (Å²) in [5.74, 6) is 0.179. The first kappa shape index (κ1) is 17.6. The Morgan fingerprint density at radius 1 is 1.24 bits per heavy atom. The topological polar surface area (TPSA) is 79.2 Å². The first-order valence-corrected chi connectivity index (χ1v) is 9.89. The van der Waals surface area contributed by atoms with E-state index in [9.17, 15) is 4.79 Å². The molecule has 7 heteroatoms. The molecule has 1 fully saturated rings. The lowest BCUT2D eigenvalue weighted by atomic mass is 9.90. The van der Waals surface area contributed by atoms with Crippen LogP contribution in [0.5, 0.6) is 0 Å². The molecular formula is C22H22N6O. The van der Waals surface area contributed by atoms with Crippen molar-refractivity contribution in [2.45, 2.75) is 25.7 Å². The number of hydrogen-bond acceptors (Lipinski definition) is 4. The summed E-state index contributed by atoms with van der Waals surface area (Å²) >= 11 is 0. The van der Waals surface area contributed by atoms with E-state index in [0.29, 0.717) is 17.9 Å². The van der Waals surface area contributed by atoms with Crippen molar-refractivity contribution in [3.63, 3.8) is 0 Å². The van der Waals surface area contributed by atoms with Crippen LogP contribution in [0, 0.1) is 6.92 Å². The van der Waals surface area contributed by atoms with Gasteiger partial charge in [-0.1, -0.05) is 29.8 Å². The van der Waals surface area contributed by atoms with Crippen LogP contribution < -0.4 is 0 Å². The molecule has 0 radical (unpaired) electrons. The van der Waals surface area contributed by atoms with Crippen molar-refractivity contribution in [3.8, 4) is 11.1 Å². The van der Waals surface area contributed by atoms with Crippen LogP contribution in [0.15, 0.2) is 55.0 Å². The molecule has 146 valence electrons. The largest absolute Gasteiger partial charge is 0.337 e. The van der Waals surface area contributed by atoms with Gasteiger partial charge >= 0.3 is 0 Å². The van der Waals surface area contributed by atoms with E-state index in [1.165, 1.54) is 5.56 Å². The number of aryl methyl sites for hydroxylation is 1. The average Bonchev–Trinajstić information content (AvgIpc) is 3.41. The number of aromatic amines is 1. The van der Waals surface area contributed by atoms with Gasteiger partial charge in [0.05, 0.1) is 6.20 Å². The molecule has 4 aromatic rings. The second-order valence-electron chi connectivity index (χ2n) is 7.61. The maximum absolute atomic E-state index is 13.1. The molecule has 1 aromatic carbocycles. The SMILES string of the molecule is Cc1ccc(-c2cn[nH]c2[C@@H]2CCCN(C(=O)c3cc4ncccn4n3)C2)cc1. The molecule has 1 atom stereocenters. The summed E-state index contributed by atoms with van der Waals surface area (Å²) in [6, 6.07) is 12.0. The van der Waals surface area contributed by atoms with Gasteiger partial charge in [0.1, 0.15) is 0 Å². The first-order valence-electron chi connectivity index (χ1n) is 9.89. The van der Waals surface area contributed by atoms with E-state index >= 15 is 0 Å². The molecule has 3 aromatic heterocycles. The lowest BCUT2D eigenvalue weighted by Crippen LogP contribution is -2.39. The van der Waals surface area contributed by atoms with Crippen LogP contribution in [-0.4, -0.2) is 48.7 Å². The second-order valence-corrected chi connectivity index (χ2v) is 7.61. The van der Waals surface area contributed by atoms with Crippen molar-refractivity contribution in [2.75, 3.05) is 13.1 Å². The number of likely N-dealkylation sites (tertiary alicyclic amines) is 1.